The topological polar surface area (TPSA) is 109 Å². The number of ether oxygens (including phenoxy) is 1. The molecule has 0 saturated heterocycles. The molecule has 0 fully saturated rings. The highest BCUT2D eigenvalue weighted by Gasteiger charge is 2.40. The van der Waals surface area contributed by atoms with E-state index in [9.17, 15) is 13.2 Å². The van der Waals surface area contributed by atoms with Crippen LogP contribution in [0.4, 0.5) is 0 Å². The van der Waals surface area contributed by atoms with Crippen LogP contribution in [0.1, 0.15) is 11.3 Å². The number of aromatic nitrogens is 1. The molecule has 0 radical (unpaired) electrons. The standard InChI is InChI=1S/C16H17N3O5S/c1-24-12-4-6-13(7-5-12)25(22,23)19-10-11-3-2-8-17-14(11)9-15(19)16(20)18-21/h2-8,15,21H,9-10H2,1H3,(H,18,20)/t15-/m1/s1. The van der Waals surface area contributed by atoms with Gasteiger partial charge in [0.25, 0.3) is 5.91 Å². The van der Waals surface area contributed by atoms with Gasteiger partial charge in [-0.05, 0) is 35.9 Å². The third-order valence-corrected chi connectivity index (χ3v) is 5.99. The second-order valence-electron chi connectivity index (χ2n) is 5.53. The van der Waals surface area contributed by atoms with E-state index in [0.717, 1.165) is 9.87 Å². The fourth-order valence-electron chi connectivity index (χ4n) is 2.80. The number of methoxy groups -OCH3 is 1. The molecule has 1 aromatic carbocycles. The van der Waals surface area contributed by atoms with Crippen molar-refractivity contribution in [1.29, 1.82) is 0 Å². The van der Waals surface area contributed by atoms with Crippen LogP contribution in [0, 0.1) is 0 Å². The average Bonchev–Trinajstić information content (AvgIpc) is 2.66. The van der Waals surface area contributed by atoms with Crippen molar-refractivity contribution in [3.05, 3.63) is 53.9 Å². The van der Waals surface area contributed by atoms with Gasteiger partial charge in [0, 0.05) is 24.9 Å². The Labute approximate surface area is 145 Å². The zero-order valence-corrected chi connectivity index (χ0v) is 14.2. The first kappa shape index (κ1) is 17.3. The van der Waals surface area contributed by atoms with Crippen LogP contribution in [0.5, 0.6) is 5.75 Å². The molecular formula is C16H17N3O5S. The van der Waals surface area contributed by atoms with Crippen LogP contribution < -0.4 is 10.2 Å². The van der Waals surface area contributed by atoms with Gasteiger partial charge in [-0.15, -0.1) is 0 Å². The molecule has 1 atom stereocenters. The molecular weight excluding hydrogens is 346 g/mol. The molecule has 2 aromatic rings. The van der Waals surface area contributed by atoms with Crippen LogP contribution in [0.25, 0.3) is 0 Å². The number of amides is 1. The van der Waals surface area contributed by atoms with Crippen molar-refractivity contribution in [2.45, 2.75) is 23.9 Å². The van der Waals surface area contributed by atoms with E-state index in [2.05, 4.69) is 4.98 Å². The number of carbonyl (C=O) groups is 1. The molecule has 3 rings (SSSR count). The Kier molecular flexibility index (Phi) is 4.71. The van der Waals surface area contributed by atoms with Gasteiger partial charge in [0.1, 0.15) is 11.8 Å². The quantitative estimate of drug-likeness (QED) is 0.612. The minimum Gasteiger partial charge on any atom is -0.497 e. The number of fused-ring (bicyclic) bond motifs is 1. The number of nitrogens with one attached hydrogen (secondary N) is 1. The Bertz CT molecular complexity index is 883. The van der Waals surface area contributed by atoms with Gasteiger partial charge in [0.2, 0.25) is 10.0 Å². The molecule has 1 aromatic heterocycles. The normalized spacial score (nSPS) is 17.6. The first-order valence-electron chi connectivity index (χ1n) is 7.50. The molecule has 9 heteroatoms. The highest BCUT2D eigenvalue weighted by atomic mass is 32.2. The first-order chi connectivity index (χ1) is 12.0. The lowest BCUT2D eigenvalue weighted by Gasteiger charge is -2.33. The molecule has 0 spiro atoms. The summed E-state index contributed by atoms with van der Waals surface area (Å²) in [5.74, 6) is -0.273. The van der Waals surface area contributed by atoms with Crippen LogP contribution >= 0.6 is 0 Å². The summed E-state index contributed by atoms with van der Waals surface area (Å²) in [6, 6.07) is 8.30. The Morgan fingerprint density at radius 3 is 2.68 bits per heavy atom. The summed E-state index contributed by atoms with van der Waals surface area (Å²) in [6.45, 7) is -0.00434. The minimum atomic E-state index is -3.96. The lowest BCUT2D eigenvalue weighted by Crippen LogP contribution is -2.52. The molecule has 0 aliphatic carbocycles. The average molecular weight is 363 g/mol. The first-order valence-corrected chi connectivity index (χ1v) is 8.94. The maximum atomic E-state index is 13.0. The maximum absolute atomic E-state index is 13.0. The Morgan fingerprint density at radius 2 is 2.04 bits per heavy atom. The SMILES string of the molecule is COc1ccc(S(=O)(=O)N2Cc3cccnc3C[C@@H]2C(=O)NO)cc1. The molecule has 0 bridgehead atoms. The van der Waals surface area contributed by atoms with E-state index in [1.165, 1.54) is 31.4 Å². The number of nitrogens with zero attached hydrogens (tertiary/aromatic N) is 2. The Morgan fingerprint density at radius 1 is 1.32 bits per heavy atom. The molecule has 0 saturated carbocycles. The smallest absolute Gasteiger partial charge is 0.262 e. The molecule has 132 valence electrons. The summed E-state index contributed by atoms with van der Waals surface area (Å²) in [4.78, 5) is 16.3. The number of benzene rings is 1. The number of pyridine rings is 1. The third kappa shape index (κ3) is 3.21. The summed E-state index contributed by atoms with van der Waals surface area (Å²) in [5.41, 5.74) is 2.90. The maximum Gasteiger partial charge on any atom is 0.262 e. The van der Waals surface area contributed by atoms with Crippen molar-refractivity contribution in [2.24, 2.45) is 0 Å². The lowest BCUT2D eigenvalue weighted by molar-refractivity contribution is -0.133. The Hall–Kier alpha value is -2.49. The molecule has 1 aliphatic rings. The highest BCUT2D eigenvalue weighted by molar-refractivity contribution is 7.89. The Balaban J connectivity index is 2.03. The fraction of sp³-hybridized carbons (Fsp3) is 0.250. The van der Waals surface area contributed by atoms with E-state index in [4.69, 9.17) is 9.94 Å². The van der Waals surface area contributed by atoms with Crippen LogP contribution in [0.3, 0.4) is 0 Å². The largest absolute Gasteiger partial charge is 0.497 e. The van der Waals surface area contributed by atoms with E-state index < -0.39 is 22.0 Å². The van der Waals surface area contributed by atoms with Gasteiger partial charge in [-0.2, -0.15) is 4.31 Å². The van der Waals surface area contributed by atoms with Crippen molar-refractivity contribution in [1.82, 2.24) is 14.8 Å². The molecule has 2 heterocycles. The van der Waals surface area contributed by atoms with Crippen molar-refractivity contribution in [2.75, 3.05) is 7.11 Å². The summed E-state index contributed by atoms with van der Waals surface area (Å²) in [5, 5.41) is 9.00. The minimum absolute atomic E-state index is 0.00434. The van der Waals surface area contributed by atoms with Gasteiger partial charge >= 0.3 is 0 Å². The van der Waals surface area contributed by atoms with E-state index in [0.29, 0.717) is 11.4 Å². The third-order valence-electron chi connectivity index (χ3n) is 4.12. The molecule has 25 heavy (non-hydrogen) atoms. The molecule has 2 N–H and O–H groups in total. The number of hydroxylamine groups is 1. The van der Waals surface area contributed by atoms with E-state index >= 15 is 0 Å². The molecule has 1 amide bonds. The van der Waals surface area contributed by atoms with Gasteiger partial charge in [-0.1, -0.05) is 6.07 Å². The van der Waals surface area contributed by atoms with Crippen molar-refractivity contribution in [3.8, 4) is 5.75 Å². The zero-order chi connectivity index (χ0) is 18.0. The van der Waals surface area contributed by atoms with Gasteiger partial charge in [0.05, 0.1) is 12.0 Å². The van der Waals surface area contributed by atoms with Crippen LogP contribution in [0.15, 0.2) is 47.5 Å². The predicted octanol–water partition coefficient (Wildman–Crippen LogP) is 0.711. The van der Waals surface area contributed by atoms with Gasteiger partial charge in [-0.3, -0.25) is 15.0 Å². The second-order valence-corrected chi connectivity index (χ2v) is 7.42. The molecule has 0 unspecified atom stereocenters. The monoisotopic (exact) mass is 363 g/mol. The lowest BCUT2D eigenvalue weighted by atomic mass is 10.0. The summed E-state index contributed by atoms with van der Waals surface area (Å²) >= 11 is 0. The number of sulfonamides is 1. The predicted molar refractivity (Wildman–Crippen MR) is 87.4 cm³/mol. The number of hydrogen-bond acceptors (Lipinski definition) is 6. The van der Waals surface area contributed by atoms with Crippen LogP contribution in [-0.4, -0.2) is 42.0 Å². The number of rotatable bonds is 4. The van der Waals surface area contributed by atoms with Crippen molar-refractivity contribution in [3.63, 3.8) is 0 Å². The van der Waals surface area contributed by atoms with Crippen molar-refractivity contribution >= 4 is 15.9 Å². The highest BCUT2D eigenvalue weighted by Crippen LogP contribution is 2.29. The van der Waals surface area contributed by atoms with E-state index in [1.54, 1.807) is 23.8 Å². The number of carbonyl (C=O) groups excluding carboxylic acids is 1. The fourth-order valence-corrected chi connectivity index (χ4v) is 4.36. The second kappa shape index (κ2) is 6.79. The summed E-state index contributed by atoms with van der Waals surface area (Å²) < 4.78 is 32.2. The van der Waals surface area contributed by atoms with Crippen LogP contribution in [-0.2, 0) is 27.8 Å². The van der Waals surface area contributed by atoms with Gasteiger partial charge in [0.15, 0.2) is 0 Å². The van der Waals surface area contributed by atoms with E-state index in [1.807, 2.05) is 0 Å². The number of hydrogen-bond donors (Lipinski definition) is 2. The van der Waals surface area contributed by atoms with Gasteiger partial charge < -0.3 is 4.74 Å². The van der Waals surface area contributed by atoms with Crippen LogP contribution in [0.2, 0.25) is 0 Å². The van der Waals surface area contributed by atoms with Gasteiger partial charge in [-0.25, -0.2) is 13.9 Å². The molecule has 8 nitrogen and oxygen atoms in total. The molecule has 1 aliphatic heterocycles. The summed E-state index contributed by atoms with van der Waals surface area (Å²) in [6.07, 6.45) is 1.67. The van der Waals surface area contributed by atoms with E-state index in [-0.39, 0.29) is 17.9 Å². The zero-order valence-electron chi connectivity index (χ0n) is 13.4. The summed E-state index contributed by atoms with van der Waals surface area (Å²) in [7, 11) is -2.47. The van der Waals surface area contributed by atoms with Crippen molar-refractivity contribution < 1.29 is 23.2 Å².